The number of nitrogens with zero attached hydrogens (tertiary/aromatic N) is 1. The fraction of sp³-hybridized carbons (Fsp3) is 0.917. The molecule has 2 rings (SSSR count). The molecule has 1 amide bonds. The minimum absolute atomic E-state index is 0.219. The van der Waals surface area contributed by atoms with Crippen molar-refractivity contribution in [1.82, 2.24) is 10.2 Å². The number of hydrogen-bond acceptors (Lipinski definition) is 3. The van der Waals surface area contributed by atoms with Crippen LogP contribution in [0, 0.1) is 0 Å². The Bertz CT molecular complexity index is 319. The Hall–Kier alpha value is -0.430. The predicted octanol–water partition coefficient (Wildman–Crippen LogP) is 2.02. The number of rotatable bonds is 3. The third-order valence-electron chi connectivity index (χ3n) is 3.56. The normalized spacial score (nSPS) is 26.8. The van der Waals surface area contributed by atoms with Crippen molar-refractivity contribution in [1.29, 1.82) is 0 Å². The molecule has 0 aromatic carbocycles. The molecule has 0 saturated carbocycles. The van der Waals surface area contributed by atoms with Crippen LogP contribution in [0.2, 0.25) is 0 Å². The first kappa shape index (κ1) is 15.0. The molecule has 0 radical (unpaired) electrons. The van der Waals surface area contributed by atoms with Crippen LogP contribution in [-0.4, -0.2) is 53.7 Å². The van der Waals surface area contributed by atoms with Crippen LogP contribution >= 0.6 is 11.8 Å². The monoisotopic (exact) mass is 296 g/mol. The molecule has 1 atom stereocenters. The molecule has 0 spiro atoms. The summed E-state index contributed by atoms with van der Waals surface area (Å²) in [6.07, 6.45) is -1.03. The van der Waals surface area contributed by atoms with E-state index in [0.29, 0.717) is 12.8 Å². The Balaban J connectivity index is 1.88. The van der Waals surface area contributed by atoms with E-state index >= 15 is 0 Å². The van der Waals surface area contributed by atoms with Crippen molar-refractivity contribution in [3.63, 3.8) is 0 Å². The highest BCUT2D eigenvalue weighted by molar-refractivity contribution is 7.99. The van der Waals surface area contributed by atoms with E-state index in [9.17, 15) is 18.0 Å². The Morgan fingerprint density at radius 2 is 1.95 bits per heavy atom. The lowest BCUT2D eigenvalue weighted by molar-refractivity contribution is -0.165. The first-order valence-corrected chi connectivity index (χ1v) is 7.80. The number of carbonyl (C=O) groups excluding carboxylic acids is 1. The SMILES string of the molecule is O=C1[C@@H](NC2CCSCC2)CCCN1CC(F)(F)F. The molecule has 0 aromatic heterocycles. The van der Waals surface area contributed by atoms with E-state index in [1.807, 2.05) is 11.8 Å². The second-order valence-electron chi connectivity index (χ2n) is 5.12. The quantitative estimate of drug-likeness (QED) is 0.865. The molecule has 3 nitrogen and oxygen atoms in total. The van der Waals surface area contributed by atoms with Gasteiger partial charge < -0.3 is 10.2 Å². The van der Waals surface area contributed by atoms with Crippen molar-refractivity contribution in [2.75, 3.05) is 24.6 Å². The lowest BCUT2D eigenvalue weighted by Gasteiger charge is -2.35. The molecule has 19 heavy (non-hydrogen) atoms. The number of halogens is 3. The van der Waals surface area contributed by atoms with Crippen LogP contribution in [-0.2, 0) is 4.79 Å². The molecule has 0 unspecified atom stereocenters. The molecule has 110 valence electrons. The summed E-state index contributed by atoms with van der Waals surface area (Å²) in [6, 6.07) is -0.148. The number of amides is 1. The van der Waals surface area contributed by atoms with Gasteiger partial charge in [-0.3, -0.25) is 4.79 Å². The number of likely N-dealkylation sites (tertiary alicyclic amines) is 1. The van der Waals surface area contributed by atoms with Gasteiger partial charge in [0, 0.05) is 12.6 Å². The van der Waals surface area contributed by atoms with Gasteiger partial charge in [0.05, 0.1) is 6.04 Å². The van der Waals surface area contributed by atoms with Crippen molar-refractivity contribution < 1.29 is 18.0 Å². The predicted molar refractivity (Wildman–Crippen MR) is 69.1 cm³/mol. The molecule has 2 heterocycles. The van der Waals surface area contributed by atoms with Crippen LogP contribution in [0.1, 0.15) is 25.7 Å². The summed E-state index contributed by atoms with van der Waals surface area (Å²) in [7, 11) is 0. The van der Waals surface area contributed by atoms with Crippen molar-refractivity contribution in [2.24, 2.45) is 0 Å². The zero-order valence-corrected chi connectivity index (χ0v) is 11.5. The number of hydrogen-bond donors (Lipinski definition) is 1. The smallest absolute Gasteiger partial charge is 0.332 e. The fourth-order valence-corrected chi connectivity index (χ4v) is 3.72. The second-order valence-corrected chi connectivity index (χ2v) is 6.35. The fourth-order valence-electron chi connectivity index (χ4n) is 2.62. The van der Waals surface area contributed by atoms with E-state index in [4.69, 9.17) is 0 Å². The maximum absolute atomic E-state index is 12.4. The third-order valence-corrected chi connectivity index (χ3v) is 4.61. The highest BCUT2D eigenvalue weighted by Gasteiger charge is 2.37. The molecule has 2 fully saturated rings. The first-order chi connectivity index (χ1) is 8.96. The number of carbonyl (C=O) groups is 1. The van der Waals surface area contributed by atoms with Gasteiger partial charge in [0.15, 0.2) is 0 Å². The molecule has 2 aliphatic heterocycles. The van der Waals surface area contributed by atoms with Gasteiger partial charge in [-0.2, -0.15) is 24.9 Å². The van der Waals surface area contributed by atoms with Crippen LogP contribution in [0.15, 0.2) is 0 Å². The Labute approximate surface area is 115 Å². The van der Waals surface area contributed by atoms with E-state index in [2.05, 4.69) is 5.32 Å². The average Bonchev–Trinajstić information content (AvgIpc) is 2.34. The minimum Gasteiger partial charge on any atom is -0.332 e. The summed E-state index contributed by atoms with van der Waals surface area (Å²) < 4.78 is 37.1. The molecular weight excluding hydrogens is 277 g/mol. The maximum Gasteiger partial charge on any atom is 0.406 e. The van der Waals surface area contributed by atoms with E-state index < -0.39 is 18.8 Å². The van der Waals surface area contributed by atoms with Crippen LogP contribution in [0.4, 0.5) is 13.2 Å². The second kappa shape index (κ2) is 6.35. The number of piperidine rings is 1. The third kappa shape index (κ3) is 4.56. The van der Waals surface area contributed by atoms with E-state index in [-0.39, 0.29) is 18.5 Å². The summed E-state index contributed by atoms with van der Waals surface area (Å²) in [5.74, 6) is 1.73. The number of alkyl halides is 3. The maximum atomic E-state index is 12.4. The summed E-state index contributed by atoms with van der Waals surface area (Å²) >= 11 is 1.89. The largest absolute Gasteiger partial charge is 0.406 e. The van der Waals surface area contributed by atoms with Crippen LogP contribution in [0.5, 0.6) is 0 Å². The van der Waals surface area contributed by atoms with Gasteiger partial charge >= 0.3 is 6.18 Å². The van der Waals surface area contributed by atoms with E-state index in [0.717, 1.165) is 29.2 Å². The minimum atomic E-state index is -4.31. The molecule has 7 heteroatoms. The van der Waals surface area contributed by atoms with E-state index in [1.165, 1.54) is 0 Å². The van der Waals surface area contributed by atoms with Crippen molar-refractivity contribution in [2.45, 2.75) is 43.9 Å². The van der Waals surface area contributed by atoms with Crippen LogP contribution in [0.3, 0.4) is 0 Å². The standard InChI is InChI=1S/C12H19F3N2OS/c13-12(14,15)8-17-5-1-2-10(11(17)18)16-9-3-6-19-7-4-9/h9-10,16H,1-8H2/t10-/m0/s1. The Morgan fingerprint density at radius 3 is 2.58 bits per heavy atom. The highest BCUT2D eigenvalue weighted by atomic mass is 32.2. The van der Waals surface area contributed by atoms with Crippen LogP contribution in [0.25, 0.3) is 0 Å². The molecule has 0 bridgehead atoms. The van der Waals surface area contributed by atoms with Gasteiger partial charge in [-0.05, 0) is 37.2 Å². The summed E-state index contributed by atoms with van der Waals surface area (Å²) in [5, 5.41) is 3.25. The molecular formula is C12H19F3N2OS. The topological polar surface area (TPSA) is 32.3 Å². The van der Waals surface area contributed by atoms with Crippen molar-refractivity contribution >= 4 is 17.7 Å². The first-order valence-electron chi connectivity index (χ1n) is 6.65. The molecule has 0 aliphatic carbocycles. The summed E-state index contributed by atoms with van der Waals surface area (Å²) in [4.78, 5) is 13.0. The molecule has 2 saturated heterocycles. The Kier molecular flexibility index (Phi) is 5.00. The average molecular weight is 296 g/mol. The molecule has 1 N–H and O–H groups in total. The van der Waals surface area contributed by atoms with Crippen molar-refractivity contribution in [3.05, 3.63) is 0 Å². The van der Waals surface area contributed by atoms with E-state index in [1.54, 1.807) is 0 Å². The Morgan fingerprint density at radius 1 is 1.26 bits per heavy atom. The van der Waals surface area contributed by atoms with Gasteiger partial charge in [0.25, 0.3) is 0 Å². The van der Waals surface area contributed by atoms with Gasteiger partial charge in [0.1, 0.15) is 6.54 Å². The zero-order chi connectivity index (χ0) is 13.9. The van der Waals surface area contributed by atoms with Gasteiger partial charge in [-0.15, -0.1) is 0 Å². The molecule has 2 aliphatic rings. The lowest BCUT2D eigenvalue weighted by atomic mass is 10.0. The van der Waals surface area contributed by atoms with Crippen LogP contribution < -0.4 is 5.32 Å². The summed E-state index contributed by atoms with van der Waals surface area (Å²) in [6.45, 7) is -0.901. The van der Waals surface area contributed by atoms with Crippen molar-refractivity contribution in [3.8, 4) is 0 Å². The highest BCUT2D eigenvalue weighted by Crippen LogP contribution is 2.22. The van der Waals surface area contributed by atoms with Gasteiger partial charge in [-0.1, -0.05) is 0 Å². The lowest BCUT2D eigenvalue weighted by Crippen LogP contribution is -2.55. The number of thioether (sulfide) groups is 1. The van der Waals surface area contributed by atoms with Gasteiger partial charge in [-0.25, -0.2) is 0 Å². The zero-order valence-electron chi connectivity index (χ0n) is 10.7. The number of nitrogens with one attached hydrogen (secondary N) is 1. The molecule has 0 aromatic rings. The summed E-state index contributed by atoms with van der Waals surface area (Å²) in [5.41, 5.74) is 0. The van der Waals surface area contributed by atoms with Gasteiger partial charge in [0.2, 0.25) is 5.91 Å².